The first-order valence-corrected chi connectivity index (χ1v) is 4.01. The van der Waals surface area contributed by atoms with Gasteiger partial charge < -0.3 is 0 Å². The molecule has 0 aromatic carbocycles. The third-order valence-corrected chi connectivity index (χ3v) is 1.55. The van der Waals surface area contributed by atoms with Crippen LogP contribution in [0.1, 0.15) is 11.3 Å². The van der Waals surface area contributed by atoms with Crippen molar-refractivity contribution in [2.24, 2.45) is 0 Å². The molecule has 1 aromatic rings. The number of pyridine rings is 1. The van der Waals surface area contributed by atoms with Gasteiger partial charge in [0.05, 0.1) is 0 Å². The Labute approximate surface area is 88.1 Å². The van der Waals surface area contributed by atoms with Crippen LogP contribution in [0.2, 0.25) is 5.15 Å². The quantitative estimate of drug-likeness (QED) is 0.391. The first-order valence-electron chi connectivity index (χ1n) is 3.63. The molecule has 1 aromatic heterocycles. The fourth-order valence-corrected chi connectivity index (χ4v) is 1.04. The van der Waals surface area contributed by atoms with Gasteiger partial charge in [-0.2, -0.15) is 13.2 Å². The van der Waals surface area contributed by atoms with Crippen molar-refractivity contribution >= 4 is 17.9 Å². The van der Waals surface area contributed by atoms with Crippen LogP contribution in [0.3, 0.4) is 0 Å². The van der Waals surface area contributed by atoms with Crippen molar-refractivity contribution in [2.75, 3.05) is 0 Å². The molecule has 15 heavy (non-hydrogen) atoms. The van der Waals surface area contributed by atoms with Gasteiger partial charge in [-0.3, -0.25) is 4.79 Å². The van der Waals surface area contributed by atoms with Gasteiger partial charge in [0, 0.05) is 5.56 Å². The molecule has 0 spiro atoms. The maximum absolute atomic E-state index is 12.2. The molecule has 2 nitrogen and oxygen atoms in total. The third-order valence-electron chi connectivity index (χ3n) is 1.36. The van der Waals surface area contributed by atoms with Crippen LogP contribution in [0.15, 0.2) is 12.1 Å². The van der Waals surface area contributed by atoms with Gasteiger partial charge in [0.1, 0.15) is 10.8 Å². The molecular formula is C9H3ClF3NO. The molecule has 0 aliphatic heterocycles. The van der Waals surface area contributed by atoms with Crippen LogP contribution in [0.4, 0.5) is 13.2 Å². The van der Waals surface area contributed by atoms with Crippen molar-refractivity contribution in [3.05, 3.63) is 28.5 Å². The Hall–Kier alpha value is -1.54. The van der Waals surface area contributed by atoms with Crippen molar-refractivity contribution in [2.45, 2.75) is 6.18 Å². The third kappa shape index (κ3) is 3.26. The van der Waals surface area contributed by atoms with Crippen molar-refractivity contribution in [3.63, 3.8) is 0 Å². The molecule has 0 N–H and O–H groups in total. The number of halogens is 4. The van der Waals surface area contributed by atoms with E-state index in [4.69, 9.17) is 11.6 Å². The van der Waals surface area contributed by atoms with Gasteiger partial charge in [-0.05, 0) is 18.1 Å². The molecule has 0 unspecified atom stereocenters. The van der Waals surface area contributed by atoms with Crippen LogP contribution in [-0.2, 0) is 11.0 Å². The van der Waals surface area contributed by atoms with Gasteiger partial charge in [-0.15, -0.1) is 0 Å². The number of aldehydes is 1. The average molecular weight is 234 g/mol. The molecule has 0 radical (unpaired) electrons. The number of nitrogens with zero attached hydrogens (tertiary/aromatic N) is 1. The fourth-order valence-electron chi connectivity index (χ4n) is 0.827. The Bertz CT molecular complexity index is 445. The summed E-state index contributed by atoms with van der Waals surface area (Å²) >= 11 is 5.37. The largest absolute Gasteiger partial charge is 0.433 e. The molecule has 0 amide bonds. The zero-order chi connectivity index (χ0) is 11.5. The summed E-state index contributed by atoms with van der Waals surface area (Å²) < 4.78 is 36.7. The van der Waals surface area contributed by atoms with Gasteiger partial charge >= 0.3 is 6.18 Å². The van der Waals surface area contributed by atoms with Gasteiger partial charge in [-0.25, -0.2) is 4.98 Å². The lowest BCUT2D eigenvalue weighted by atomic mass is 10.2. The van der Waals surface area contributed by atoms with Crippen LogP contribution >= 0.6 is 11.6 Å². The Morgan fingerprint density at radius 2 is 2.07 bits per heavy atom. The zero-order valence-corrected chi connectivity index (χ0v) is 7.86. The first kappa shape index (κ1) is 11.5. The summed E-state index contributed by atoms with van der Waals surface area (Å²) in [4.78, 5) is 13.0. The molecule has 0 atom stereocenters. The predicted molar refractivity (Wildman–Crippen MR) is 47.2 cm³/mol. The van der Waals surface area contributed by atoms with Gasteiger partial charge in [0.2, 0.25) is 0 Å². The molecule has 0 aliphatic rings. The van der Waals surface area contributed by atoms with E-state index in [1.807, 2.05) is 5.92 Å². The molecule has 0 saturated carbocycles. The number of alkyl halides is 3. The van der Waals surface area contributed by atoms with Crippen molar-refractivity contribution < 1.29 is 18.0 Å². The number of aromatic nitrogens is 1. The Balaban J connectivity index is 3.22. The summed E-state index contributed by atoms with van der Waals surface area (Å²) in [6, 6.07) is 1.87. The molecule has 0 saturated heterocycles. The second-order valence-electron chi connectivity index (χ2n) is 2.45. The van der Waals surface area contributed by atoms with Gasteiger partial charge in [0.15, 0.2) is 6.29 Å². The van der Waals surface area contributed by atoms with Gasteiger partial charge in [0.25, 0.3) is 0 Å². The summed E-state index contributed by atoms with van der Waals surface area (Å²) in [5, 5.41) is -0.319. The maximum atomic E-state index is 12.2. The molecular weight excluding hydrogens is 231 g/mol. The Morgan fingerprint density at radius 1 is 1.40 bits per heavy atom. The van der Waals surface area contributed by atoms with Crippen LogP contribution in [-0.4, -0.2) is 11.3 Å². The highest BCUT2D eigenvalue weighted by atomic mass is 35.5. The number of carbonyl (C=O) groups is 1. The second-order valence-corrected chi connectivity index (χ2v) is 2.84. The number of hydrogen-bond donors (Lipinski definition) is 0. The first-order chi connectivity index (χ1) is 6.93. The van der Waals surface area contributed by atoms with Crippen molar-refractivity contribution in [1.29, 1.82) is 0 Å². The number of hydrogen-bond acceptors (Lipinski definition) is 2. The summed E-state index contributed by atoms with van der Waals surface area (Å²) in [5.41, 5.74) is -1.14. The summed E-state index contributed by atoms with van der Waals surface area (Å²) in [6.07, 6.45) is -4.30. The molecule has 1 rings (SSSR count). The molecule has 0 aliphatic carbocycles. The van der Waals surface area contributed by atoms with E-state index in [0.717, 1.165) is 12.1 Å². The predicted octanol–water partition coefficient (Wildman–Crippen LogP) is 2.30. The van der Waals surface area contributed by atoms with E-state index >= 15 is 0 Å². The highest BCUT2D eigenvalue weighted by Crippen LogP contribution is 2.29. The highest BCUT2D eigenvalue weighted by molar-refractivity contribution is 6.29. The lowest BCUT2D eigenvalue weighted by molar-refractivity contribution is -0.141. The van der Waals surface area contributed by atoms with Crippen LogP contribution in [0, 0.1) is 11.8 Å². The van der Waals surface area contributed by atoms with E-state index in [9.17, 15) is 18.0 Å². The van der Waals surface area contributed by atoms with E-state index in [-0.39, 0.29) is 17.0 Å². The number of rotatable bonds is 0. The SMILES string of the molecule is O=CC#Cc1cc(Cl)nc(C(F)(F)F)c1. The van der Waals surface area contributed by atoms with E-state index < -0.39 is 11.9 Å². The lowest BCUT2D eigenvalue weighted by Gasteiger charge is -2.05. The topological polar surface area (TPSA) is 30.0 Å². The smallest absolute Gasteiger partial charge is 0.289 e. The van der Waals surface area contributed by atoms with Crippen molar-refractivity contribution in [3.8, 4) is 11.8 Å². The molecule has 78 valence electrons. The Morgan fingerprint density at radius 3 is 2.60 bits per heavy atom. The maximum Gasteiger partial charge on any atom is 0.433 e. The minimum absolute atomic E-state index is 0.00516. The highest BCUT2D eigenvalue weighted by Gasteiger charge is 2.33. The normalized spacial score (nSPS) is 10.4. The zero-order valence-electron chi connectivity index (χ0n) is 7.10. The van der Waals surface area contributed by atoms with E-state index in [2.05, 4.69) is 10.9 Å². The summed E-state index contributed by atoms with van der Waals surface area (Å²) in [6.45, 7) is 0. The molecule has 0 fully saturated rings. The summed E-state index contributed by atoms with van der Waals surface area (Å²) in [7, 11) is 0. The fraction of sp³-hybridized carbons (Fsp3) is 0.111. The van der Waals surface area contributed by atoms with E-state index in [0.29, 0.717) is 0 Å². The monoisotopic (exact) mass is 233 g/mol. The molecule has 0 bridgehead atoms. The standard InChI is InChI=1S/C9H3ClF3NO/c10-8-5-6(2-1-3-15)4-7(14-8)9(11,12)13/h3-5H. The number of carbonyl (C=O) groups excluding carboxylic acids is 1. The lowest BCUT2D eigenvalue weighted by Crippen LogP contribution is -2.08. The minimum atomic E-state index is -4.58. The van der Waals surface area contributed by atoms with Crippen LogP contribution in [0.5, 0.6) is 0 Å². The van der Waals surface area contributed by atoms with E-state index in [1.165, 1.54) is 0 Å². The van der Waals surface area contributed by atoms with Crippen LogP contribution < -0.4 is 0 Å². The Kier molecular flexibility index (Phi) is 3.32. The summed E-state index contributed by atoms with van der Waals surface area (Å²) in [5.74, 6) is 4.19. The van der Waals surface area contributed by atoms with Gasteiger partial charge in [-0.1, -0.05) is 17.5 Å². The molecule has 1 heterocycles. The second kappa shape index (κ2) is 4.32. The van der Waals surface area contributed by atoms with Crippen molar-refractivity contribution in [1.82, 2.24) is 4.98 Å². The molecule has 6 heteroatoms. The van der Waals surface area contributed by atoms with E-state index in [1.54, 1.807) is 0 Å². The average Bonchev–Trinajstić information content (AvgIpc) is 2.12. The van der Waals surface area contributed by atoms with Crippen LogP contribution in [0.25, 0.3) is 0 Å². The minimum Gasteiger partial charge on any atom is -0.289 e.